The maximum absolute atomic E-state index is 3.75. The molecule has 0 unspecified atom stereocenters. The average Bonchev–Trinajstić information content (AvgIpc) is 3.30. The van der Waals surface area contributed by atoms with E-state index in [-0.39, 0.29) is 21.7 Å². The van der Waals surface area contributed by atoms with Crippen molar-refractivity contribution < 1.29 is 0 Å². The van der Waals surface area contributed by atoms with Crippen LogP contribution in [0.2, 0.25) is 8.87 Å². The predicted molar refractivity (Wildman–Crippen MR) is 238 cm³/mol. The topological polar surface area (TPSA) is 0 Å². The van der Waals surface area contributed by atoms with Crippen molar-refractivity contribution >= 4 is 57.4 Å². The Hall–Kier alpha value is -1.36. The Morgan fingerprint density at radius 3 is 0.941 bits per heavy atom. The van der Waals surface area contributed by atoms with E-state index in [4.69, 9.17) is 0 Å². The number of fused-ring (bicyclic) bond motifs is 3. The summed E-state index contributed by atoms with van der Waals surface area (Å²) in [4.78, 5) is 0. The van der Waals surface area contributed by atoms with Crippen molar-refractivity contribution in [3.63, 3.8) is 0 Å². The van der Waals surface area contributed by atoms with Crippen LogP contribution < -0.4 is 7.16 Å². The van der Waals surface area contributed by atoms with Crippen molar-refractivity contribution in [2.24, 2.45) is 0 Å². The van der Waals surface area contributed by atoms with Gasteiger partial charge in [-0.25, -0.2) is 0 Å². The van der Waals surface area contributed by atoms with Gasteiger partial charge in [0.15, 0.2) is 0 Å². The molecule has 0 spiro atoms. The molecule has 0 saturated carbocycles. The number of hydrogen-bond donors (Lipinski definition) is 0. The van der Waals surface area contributed by atoms with E-state index >= 15 is 0 Å². The van der Waals surface area contributed by atoms with Gasteiger partial charge >= 0.3 is 185 Å². The molecule has 276 valence electrons. The van der Waals surface area contributed by atoms with Gasteiger partial charge in [0, 0.05) is 8.95 Å². The molecule has 0 aromatic heterocycles. The van der Waals surface area contributed by atoms with E-state index in [1.807, 2.05) is 7.16 Å². The van der Waals surface area contributed by atoms with E-state index in [9.17, 15) is 0 Å². The van der Waals surface area contributed by atoms with Gasteiger partial charge in [0.25, 0.3) is 0 Å². The molecule has 0 radical (unpaired) electrons. The monoisotopic (exact) mass is 920 g/mol. The zero-order chi connectivity index (χ0) is 38.2. The molecule has 0 saturated heterocycles. The van der Waals surface area contributed by atoms with Crippen molar-refractivity contribution in [3.8, 4) is 22.3 Å². The number of halogens is 2. The Labute approximate surface area is 334 Å². The quantitative estimate of drug-likeness (QED) is 0.162. The zero-order valence-corrected chi connectivity index (χ0v) is 40.5. The summed E-state index contributed by atoms with van der Waals surface area (Å²) in [6, 6.07) is 28.4. The Balaban J connectivity index is 0.000000238. The standard InChI is InChI=1S/C20H24Br2.C20H24.2C4H9.Sn/c1-19(2,3)13-7-9-15(17(21)11-13)16-10-8-14(12-18(16)22)20(4,5)6;1-19(2,3)17-11-7-15(8-12-17)16-9-13-18(14-10-16)20(4,5)6;2*1-3-4-2;/h7-12H,1-6H3;7,9,11-14H,1-6H3;2*1,3-4H2,2H3;. The van der Waals surface area contributed by atoms with Crippen molar-refractivity contribution in [3.05, 3.63) is 104 Å². The summed E-state index contributed by atoms with van der Waals surface area (Å²) in [6.07, 6.45) is 5.40. The van der Waals surface area contributed by atoms with Gasteiger partial charge in [-0.1, -0.05) is 97.7 Å². The van der Waals surface area contributed by atoms with E-state index in [2.05, 4.69) is 202 Å². The molecule has 1 aliphatic heterocycles. The second kappa shape index (κ2) is 16.2. The van der Waals surface area contributed by atoms with E-state index in [1.54, 1.807) is 11.1 Å². The summed E-state index contributed by atoms with van der Waals surface area (Å²) < 4.78 is 8.87. The van der Waals surface area contributed by atoms with Crippen molar-refractivity contribution in [2.75, 3.05) is 0 Å². The van der Waals surface area contributed by atoms with Crippen molar-refractivity contribution in [2.45, 2.75) is 153 Å². The SMILES string of the molecule is CC(C)(C)c1ccc(-c2ccc(C(C)(C)C)cc2Br)c(Br)c1.CCC[CH2][Sn]1([CH2]CCC)[c]2cc(C(C)(C)C)ccc2-c2ccc(C(C)(C)C)c[c]21. The molecule has 0 aliphatic carbocycles. The maximum atomic E-state index is 3.75. The van der Waals surface area contributed by atoms with Gasteiger partial charge in [-0.2, -0.15) is 0 Å². The molecule has 0 atom stereocenters. The third-order valence-electron chi connectivity index (χ3n) is 11.0. The fraction of sp³-hybridized carbons (Fsp3) is 0.500. The van der Waals surface area contributed by atoms with Crippen LogP contribution in [0.25, 0.3) is 22.3 Å². The molecule has 1 heterocycles. The Kier molecular flexibility index (Phi) is 13.4. The van der Waals surface area contributed by atoms with Gasteiger partial charge in [0.1, 0.15) is 0 Å². The molecular weight excluding hydrogens is 855 g/mol. The van der Waals surface area contributed by atoms with Gasteiger partial charge < -0.3 is 0 Å². The van der Waals surface area contributed by atoms with Crippen molar-refractivity contribution in [1.82, 2.24) is 0 Å². The molecule has 0 N–H and O–H groups in total. The van der Waals surface area contributed by atoms with E-state index < -0.39 is 18.4 Å². The minimum atomic E-state index is -2.72. The summed E-state index contributed by atoms with van der Waals surface area (Å²) in [6.45, 7) is 32.4. The van der Waals surface area contributed by atoms with Crippen LogP contribution in [0.3, 0.4) is 0 Å². The molecule has 4 aromatic carbocycles. The second-order valence-corrected chi connectivity index (χ2v) is 33.0. The number of hydrogen-bond acceptors (Lipinski definition) is 0. The van der Waals surface area contributed by atoms with Crippen LogP contribution in [-0.2, 0) is 21.7 Å². The Morgan fingerprint density at radius 2 is 0.686 bits per heavy atom. The van der Waals surface area contributed by atoms with E-state index in [0.717, 1.165) is 8.95 Å². The number of rotatable bonds is 7. The third-order valence-corrected chi connectivity index (χ3v) is 27.4. The molecule has 51 heavy (non-hydrogen) atoms. The van der Waals surface area contributed by atoms with Gasteiger partial charge in [-0.15, -0.1) is 0 Å². The van der Waals surface area contributed by atoms with Crippen LogP contribution in [0.15, 0.2) is 81.7 Å². The molecule has 0 nitrogen and oxygen atoms in total. The summed E-state index contributed by atoms with van der Waals surface area (Å²) in [5.74, 6) is 0. The van der Waals surface area contributed by atoms with E-state index in [0.29, 0.717) is 0 Å². The normalized spacial score (nSPS) is 14.1. The summed E-state index contributed by atoms with van der Waals surface area (Å²) in [5.41, 5.74) is 12.1. The van der Waals surface area contributed by atoms with Gasteiger partial charge in [-0.05, 0) is 45.2 Å². The molecule has 1 aliphatic rings. The zero-order valence-electron chi connectivity index (χ0n) is 34.4. The first-order chi connectivity index (χ1) is 23.5. The first-order valence-corrected chi connectivity index (χ1v) is 27.9. The number of unbranched alkanes of at least 4 members (excludes halogenated alkanes) is 2. The predicted octanol–water partition coefficient (Wildman–Crippen LogP) is 14.9. The molecule has 3 heteroatoms. The first kappa shape index (κ1) is 42.4. The van der Waals surface area contributed by atoms with Gasteiger partial charge in [-0.3, -0.25) is 0 Å². The van der Waals surface area contributed by atoms with Crippen LogP contribution in [0.5, 0.6) is 0 Å². The molecule has 5 rings (SSSR count). The fourth-order valence-corrected chi connectivity index (χ4v) is 25.4. The summed E-state index contributed by atoms with van der Waals surface area (Å²) >= 11 is 4.78. The van der Waals surface area contributed by atoms with Crippen LogP contribution in [0.4, 0.5) is 0 Å². The van der Waals surface area contributed by atoms with Crippen LogP contribution >= 0.6 is 31.9 Å². The average molecular weight is 922 g/mol. The molecule has 0 bridgehead atoms. The van der Waals surface area contributed by atoms with Crippen LogP contribution in [0, 0.1) is 0 Å². The third kappa shape index (κ3) is 9.66. The Bertz CT molecular complexity index is 1680. The Morgan fingerprint density at radius 1 is 0.412 bits per heavy atom. The van der Waals surface area contributed by atoms with E-state index in [1.165, 1.54) is 67.9 Å². The van der Waals surface area contributed by atoms with Crippen molar-refractivity contribution in [1.29, 1.82) is 0 Å². The molecule has 0 amide bonds. The fourth-order valence-electron chi connectivity index (χ4n) is 7.45. The number of benzene rings is 4. The summed E-state index contributed by atoms with van der Waals surface area (Å²) in [5, 5.41) is 0. The van der Waals surface area contributed by atoms with Crippen LogP contribution in [-0.4, -0.2) is 18.4 Å². The second-order valence-electron chi connectivity index (χ2n) is 19.2. The van der Waals surface area contributed by atoms with Gasteiger partial charge in [0.2, 0.25) is 0 Å². The molecule has 0 fully saturated rings. The molecular formula is C48H66Br2Sn. The minimum absolute atomic E-state index is 0.161. The van der Waals surface area contributed by atoms with Gasteiger partial charge in [0.05, 0.1) is 0 Å². The first-order valence-electron chi connectivity index (χ1n) is 19.5. The molecule has 4 aromatic rings. The van der Waals surface area contributed by atoms with Crippen LogP contribution in [0.1, 0.15) is 145 Å². The summed E-state index contributed by atoms with van der Waals surface area (Å²) in [7, 11) is 0.